The Labute approximate surface area is 181 Å². The summed E-state index contributed by atoms with van der Waals surface area (Å²) in [7, 11) is 0. The maximum Gasteiger partial charge on any atom is 0.416 e. The van der Waals surface area contributed by atoms with Crippen molar-refractivity contribution in [2.75, 3.05) is 0 Å². The lowest BCUT2D eigenvalue weighted by molar-refractivity contribution is -0.137. The molecule has 0 amide bonds. The van der Waals surface area contributed by atoms with E-state index >= 15 is 0 Å². The topological polar surface area (TPSA) is 27.6 Å². The van der Waals surface area contributed by atoms with Crippen molar-refractivity contribution in [3.63, 3.8) is 0 Å². The van der Waals surface area contributed by atoms with Crippen LogP contribution in [0.25, 0.3) is 0 Å². The second-order valence-electron chi connectivity index (χ2n) is 8.02. The van der Waals surface area contributed by atoms with Gasteiger partial charge in [0.2, 0.25) is 0 Å². The average Bonchev–Trinajstić information content (AvgIpc) is 3.08. The Bertz CT molecular complexity index is 881. The molecule has 31 heavy (non-hydrogen) atoms. The zero-order chi connectivity index (χ0) is 22.6. The van der Waals surface area contributed by atoms with Crippen LogP contribution in [0.15, 0.2) is 65.3 Å². The number of nitrogens with one attached hydrogen (secondary N) is 1. The smallest absolute Gasteiger partial charge is 0.361 e. The van der Waals surface area contributed by atoms with E-state index in [0.29, 0.717) is 18.9 Å². The van der Waals surface area contributed by atoms with Gasteiger partial charge in [-0.15, -0.1) is 0 Å². The fourth-order valence-electron chi connectivity index (χ4n) is 4.03. The SMILES string of the molecule is CC.CC1CC=C(F)CC(C2N=C3C=CN(Cc4ccc(C(F)(F)F)cc4)C=C3N2)C1. The van der Waals surface area contributed by atoms with E-state index < -0.39 is 11.7 Å². The maximum absolute atomic E-state index is 14.0. The summed E-state index contributed by atoms with van der Waals surface area (Å²) in [6.07, 6.45) is 4.91. The molecule has 0 fully saturated rings. The number of nitrogens with zero attached hydrogens (tertiary/aromatic N) is 2. The lowest BCUT2D eigenvalue weighted by Crippen LogP contribution is -2.32. The molecule has 1 aromatic carbocycles. The van der Waals surface area contributed by atoms with E-state index in [2.05, 4.69) is 12.2 Å². The molecule has 3 aliphatic rings. The van der Waals surface area contributed by atoms with Crippen molar-refractivity contribution in [1.82, 2.24) is 10.2 Å². The molecule has 1 aliphatic carbocycles. The predicted molar refractivity (Wildman–Crippen MR) is 116 cm³/mol. The molecule has 0 radical (unpaired) electrons. The van der Waals surface area contributed by atoms with Gasteiger partial charge < -0.3 is 10.2 Å². The minimum Gasteiger partial charge on any atom is -0.361 e. The third-order valence-corrected chi connectivity index (χ3v) is 5.57. The Kier molecular flexibility index (Phi) is 7.23. The van der Waals surface area contributed by atoms with E-state index in [1.807, 2.05) is 37.2 Å². The zero-order valence-electron chi connectivity index (χ0n) is 18.1. The van der Waals surface area contributed by atoms with Crippen LogP contribution < -0.4 is 5.32 Å². The number of allylic oxidation sites excluding steroid dienone is 3. The van der Waals surface area contributed by atoms with E-state index in [9.17, 15) is 17.6 Å². The number of fused-ring (bicyclic) bond motifs is 1. The van der Waals surface area contributed by atoms with Gasteiger partial charge in [-0.2, -0.15) is 13.2 Å². The molecule has 0 saturated carbocycles. The third-order valence-electron chi connectivity index (χ3n) is 5.57. The van der Waals surface area contributed by atoms with E-state index in [-0.39, 0.29) is 17.9 Å². The van der Waals surface area contributed by atoms with Crippen LogP contribution in [-0.2, 0) is 12.7 Å². The number of rotatable bonds is 3. The first-order valence-corrected chi connectivity index (χ1v) is 10.8. The molecule has 2 aliphatic heterocycles. The van der Waals surface area contributed by atoms with Gasteiger partial charge in [0.1, 0.15) is 6.17 Å². The van der Waals surface area contributed by atoms with Gasteiger partial charge in [-0.05, 0) is 42.5 Å². The Morgan fingerprint density at radius 3 is 2.55 bits per heavy atom. The van der Waals surface area contributed by atoms with Crippen molar-refractivity contribution in [3.05, 3.63) is 71.5 Å². The van der Waals surface area contributed by atoms with Gasteiger partial charge in [0.15, 0.2) is 0 Å². The van der Waals surface area contributed by atoms with E-state index in [1.54, 1.807) is 6.08 Å². The van der Waals surface area contributed by atoms with Gasteiger partial charge in [0.05, 0.1) is 22.8 Å². The summed E-state index contributed by atoms with van der Waals surface area (Å²) < 4.78 is 52.1. The van der Waals surface area contributed by atoms with E-state index in [0.717, 1.165) is 41.9 Å². The summed E-state index contributed by atoms with van der Waals surface area (Å²) in [5, 5.41) is 3.40. The lowest BCUT2D eigenvalue weighted by Gasteiger charge is -2.24. The molecule has 3 unspecified atom stereocenters. The van der Waals surface area contributed by atoms with E-state index in [1.165, 1.54) is 12.1 Å². The minimum absolute atomic E-state index is 0.0651. The third kappa shape index (κ3) is 5.77. The van der Waals surface area contributed by atoms with Crippen molar-refractivity contribution >= 4 is 5.71 Å². The summed E-state index contributed by atoms with van der Waals surface area (Å²) in [4.78, 5) is 6.63. The molecule has 7 heteroatoms. The standard InChI is InChI=1S/C22H23F4N3.C2H6/c1-14-2-7-18(23)11-16(10-14)21-27-19-8-9-29(13-20(19)28-21)12-15-3-5-17(6-4-15)22(24,25)26;1-2/h3-9,13-14,16,21,28H,2,10-12H2,1H3;1-2H3. The van der Waals surface area contributed by atoms with Crippen molar-refractivity contribution in [2.45, 2.75) is 58.9 Å². The van der Waals surface area contributed by atoms with Crippen LogP contribution in [0.1, 0.15) is 51.2 Å². The second kappa shape index (κ2) is 9.71. The van der Waals surface area contributed by atoms with Crippen molar-refractivity contribution in [3.8, 4) is 0 Å². The highest BCUT2D eigenvalue weighted by Crippen LogP contribution is 2.33. The molecule has 0 spiro atoms. The molecular formula is C24H29F4N3. The quantitative estimate of drug-likeness (QED) is 0.545. The van der Waals surface area contributed by atoms with Crippen LogP contribution in [0.3, 0.4) is 0 Å². The van der Waals surface area contributed by atoms with E-state index in [4.69, 9.17) is 4.99 Å². The minimum atomic E-state index is -4.33. The van der Waals surface area contributed by atoms with Gasteiger partial charge >= 0.3 is 6.18 Å². The molecule has 2 heterocycles. The first-order valence-electron chi connectivity index (χ1n) is 10.8. The van der Waals surface area contributed by atoms with Crippen LogP contribution in [0.4, 0.5) is 17.6 Å². The molecule has 0 bridgehead atoms. The molecular weight excluding hydrogens is 406 g/mol. The molecule has 3 atom stereocenters. The number of halogens is 4. The zero-order valence-corrected chi connectivity index (χ0v) is 18.1. The number of aliphatic imine (C=N–C) groups is 1. The highest BCUT2D eigenvalue weighted by atomic mass is 19.4. The second-order valence-corrected chi connectivity index (χ2v) is 8.02. The molecule has 1 aromatic rings. The Balaban J connectivity index is 0.00000132. The molecule has 1 N–H and O–H groups in total. The molecule has 168 valence electrons. The monoisotopic (exact) mass is 435 g/mol. The summed E-state index contributed by atoms with van der Waals surface area (Å²) in [6.45, 7) is 6.58. The van der Waals surface area contributed by atoms with Gasteiger partial charge in [-0.3, -0.25) is 4.99 Å². The van der Waals surface area contributed by atoms with Gasteiger partial charge in [0, 0.05) is 31.3 Å². The Morgan fingerprint density at radius 1 is 1.16 bits per heavy atom. The summed E-state index contributed by atoms with van der Waals surface area (Å²) in [5.41, 5.74) is 1.83. The fraction of sp³-hybridized carbons (Fsp3) is 0.458. The largest absolute Gasteiger partial charge is 0.416 e. The average molecular weight is 436 g/mol. The van der Waals surface area contributed by atoms with Crippen LogP contribution in [-0.4, -0.2) is 16.8 Å². The van der Waals surface area contributed by atoms with Gasteiger partial charge in [-0.25, -0.2) is 4.39 Å². The molecule has 0 aromatic heterocycles. The first-order chi connectivity index (χ1) is 14.8. The van der Waals surface area contributed by atoms with Crippen molar-refractivity contribution in [2.24, 2.45) is 16.8 Å². The predicted octanol–water partition coefficient (Wildman–Crippen LogP) is 6.56. The van der Waals surface area contributed by atoms with Crippen LogP contribution in [0.2, 0.25) is 0 Å². The normalized spacial score (nSPS) is 25.3. The Hall–Kier alpha value is -2.57. The Morgan fingerprint density at radius 2 is 1.87 bits per heavy atom. The van der Waals surface area contributed by atoms with Gasteiger partial charge in [0.25, 0.3) is 0 Å². The van der Waals surface area contributed by atoms with Gasteiger partial charge in [-0.1, -0.05) is 39.0 Å². The van der Waals surface area contributed by atoms with Crippen molar-refractivity contribution < 1.29 is 17.6 Å². The maximum atomic E-state index is 14.0. The number of hydrogen-bond acceptors (Lipinski definition) is 3. The fourth-order valence-corrected chi connectivity index (χ4v) is 4.03. The number of benzene rings is 1. The van der Waals surface area contributed by atoms with Crippen molar-refractivity contribution in [1.29, 1.82) is 0 Å². The lowest BCUT2D eigenvalue weighted by atomic mass is 9.92. The van der Waals surface area contributed by atoms with Crippen LogP contribution in [0, 0.1) is 11.8 Å². The molecule has 4 rings (SSSR count). The first kappa shape index (κ1) is 23.1. The highest BCUT2D eigenvalue weighted by Gasteiger charge is 2.32. The molecule has 3 nitrogen and oxygen atoms in total. The molecule has 0 saturated heterocycles. The highest BCUT2D eigenvalue weighted by molar-refractivity contribution is 6.09. The number of alkyl halides is 3. The number of hydrogen-bond donors (Lipinski definition) is 1. The summed E-state index contributed by atoms with van der Waals surface area (Å²) in [6, 6.07) is 5.18. The summed E-state index contributed by atoms with van der Waals surface area (Å²) >= 11 is 0. The summed E-state index contributed by atoms with van der Waals surface area (Å²) in [5.74, 6) is 0.447. The van der Waals surface area contributed by atoms with Crippen LogP contribution >= 0.6 is 0 Å². The van der Waals surface area contributed by atoms with Crippen LogP contribution in [0.5, 0.6) is 0 Å².